The molecule has 0 aliphatic carbocycles. The summed E-state index contributed by atoms with van der Waals surface area (Å²) in [6.45, 7) is 5.90. The number of ether oxygens (including phenoxy) is 1. The van der Waals surface area contributed by atoms with Crippen molar-refractivity contribution in [2.75, 3.05) is 10.6 Å². The highest BCUT2D eigenvalue weighted by atomic mass is 16.5. The van der Waals surface area contributed by atoms with Crippen LogP contribution in [-0.4, -0.2) is 22.0 Å². The van der Waals surface area contributed by atoms with E-state index in [1.165, 1.54) is 18.0 Å². The van der Waals surface area contributed by atoms with Gasteiger partial charge in [0.05, 0.1) is 24.2 Å². The number of nitrogens with zero attached hydrogens (tertiary/aromatic N) is 2. The van der Waals surface area contributed by atoms with E-state index in [9.17, 15) is 4.79 Å². The van der Waals surface area contributed by atoms with Gasteiger partial charge in [-0.15, -0.1) is 0 Å². The number of hydrogen-bond donors (Lipinski definition) is 2. The van der Waals surface area contributed by atoms with Gasteiger partial charge in [0.1, 0.15) is 17.3 Å². The Labute approximate surface area is 158 Å². The monoisotopic (exact) mass is 362 g/mol. The van der Waals surface area contributed by atoms with Gasteiger partial charge >= 0.3 is 0 Å². The van der Waals surface area contributed by atoms with Crippen molar-refractivity contribution >= 4 is 23.1 Å². The molecule has 1 heterocycles. The molecule has 27 heavy (non-hydrogen) atoms. The molecule has 0 aliphatic heterocycles. The molecule has 1 amide bonds. The molecule has 0 atom stereocenters. The molecule has 0 saturated heterocycles. The lowest BCUT2D eigenvalue weighted by Gasteiger charge is -2.14. The van der Waals surface area contributed by atoms with E-state index in [1.54, 1.807) is 6.07 Å². The van der Waals surface area contributed by atoms with Crippen molar-refractivity contribution in [3.63, 3.8) is 0 Å². The first kappa shape index (κ1) is 18.4. The fourth-order valence-corrected chi connectivity index (χ4v) is 2.41. The maximum atomic E-state index is 12.5. The average molecular weight is 362 g/mol. The molecule has 6 nitrogen and oxygen atoms in total. The lowest BCUT2D eigenvalue weighted by molar-refractivity contribution is 0.102. The van der Waals surface area contributed by atoms with Gasteiger partial charge in [0, 0.05) is 5.69 Å². The van der Waals surface area contributed by atoms with Crippen molar-refractivity contribution in [2.45, 2.75) is 26.9 Å². The van der Waals surface area contributed by atoms with E-state index in [4.69, 9.17) is 4.74 Å². The molecule has 0 spiro atoms. The smallest absolute Gasteiger partial charge is 0.275 e. The number of hydrogen-bond acceptors (Lipinski definition) is 5. The predicted molar refractivity (Wildman–Crippen MR) is 107 cm³/mol. The van der Waals surface area contributed by atoms with Crippen LogP contribution >= 0.6 is 0 Å². The number of aryl methyl sites for hydroxylation is 1. The summed E-state index contributed by atoms with van der Waals surface area (Å²) < 4.78 is 5.72. The minimum atomic E-state index is -0.343. The van der Waals surface area contributed by atoms with Gasteiger partial charge < -0.3 is 15.4 Å². The van der Waals surface area contributed by atoms with Crippen LogP contribution in [0, 0.1) is 6.92 Å². The first-order valence-corrected chi connectivity index (χ1v) is 8.74. The van der Waals surface area contributed by atoms with Crippen LogP contribution in [0.15, 0.2) is 60.9 Å². The fraction of sp³-hybridized carbons (Fsp3) is 0.190. The van der Waals surface area contributed by atoms with Gasteiger partial charge in [-0.1, -0.05) is 29.8 Å². The van der Waals surface area contributed by atoms with Crippen LogP contribution in [0.4, 0.5) is 17.2 Å². The van der Waals surface area contributed by atoms with Crippen LogP contribution in [0.5, 0.6) is 5.75 Å². The van der Waals surface area contributed by atoms with E-state index < -0.39 is 0 Å². The molecule has 0 fully saturated rings. The number of para-hydroxylation sites is 2. The summed E-state index contributed by atoms with van der Waals surface area (Å²) in [6.07, 6.45) is 2.98. The summed E-state index contributed by atoms with van der Waals surface area (Å²) in [7, 11) is 0. The van der Waals surface area contributed by atoms with E-state index in [0.29, 0.717) is 17.3 Å². The standard InChI is InChI=1S/C21H22N4O2/c1-14(2)27-19-7-5-4-6-17(19)25-21(26)18-12-23-20(13-22-18)24-16-10-8-15(3)9-11-16/h4-14H,1-3H3,(H,23,24)(H,25,26). The van der Waals surface area contributed by atoms with Gasteiger partial charge in [0.15, 0.2) is 0 Å². The second kappa shape index (κ2) is 8.31. The molecule has 1 aromatic heterocycles. The molecule has 6 heteroatoms. The van der Waals surface area contributed by atoms with E-state index in [0.717, 1.165) is 5.69 Å². The number of aromatic nitrogens is 2. The zero-order valence-corrected chi connectivity index (χ0v) is 15.6. The number of carbonyl (C=O) groups excluding carboxylic acids is 1. The van der Waals surface area contributed by atoms with E-state index >= 15 is 0 Å². The second-order valence-electron chi connectivity index (χ2n) is 6.39. The molecule has 0 bridgehead atoms. The Bertz CT molecular complexity index is 906. The molecule has 2 aromatic carbocycles. The Morgan fingerprint density at radius 2 is 1.74 bits per heavy atom. The molecule has 3 rings (SSSR count). The minimum absolute atomic E-state index is 0.00924. The molecular weight excluding hydrogens is 340 g/mol. The first-order valence-electron chi connectivity index (χ1n) is 8.74. The first-order chi connectivity index (χ1) is 13.0. The number of carbonyl (C=O) groups is 1. The van der Waals surface area contributed by atoms with Gasteiger partial charge in [-0.05, 0) is 45.0 Å². The summed E-state index contributed by atoms with van der Waals surface area (Å²) >= 11 is 0. The molecule has 0 radical (unpaired) electrons. The summed E-state index contributed by atoms with van der Waals surface area (Å²) in [5.74, 6) is 0.842. The van der Waals surface area contributed by atoms with E-state index in [1.807, 2.05) is 63.2 Å². The highest BCUT2D eigenvalue weighted by Gasteiger charge is 2.12. The lowest BCUT2D eigenvalue weighted by Crippen LogP contribution is -2.16. The molecule has 3 aromatic rings. The Balaban J connectivity index is 1.68. The summed E-state index contributed by atoms with van der Waals surface area (Å²) in [5, 5.41) is 5.97. The van der Waals surface area contributed by atoms with Crippen molar-refractivity contribution in [3.05, 3.63) is 72.2 Å². The van der Waals surface area contributed by atoms with Crippen LogP contribution in [0.3, 0.4) is 0 Å². The Hall–Kier alpha value is -3.41. The number of nitrogens with one attached hydrogen (secondary N) is 2. The molecule has 0 unspecified atom stereocenters. The van der Waals surface area contributed by atoms with Crippen molar-refractivity contribution in [1.82, 2.24) is 9.97 Å². The van der Waals surface area contributed by atoms with Gasteiger partial charge in [-0.25, -0.2) is 9.97 Å². The maximum absolute atomic E-state index is 12.5. The third-order valence-corrected chi connectivity index (χ3v) is 3.71. The summed E-state index contributed by atoms with van der Waals surface area (Å²) in [6, 6.07) is 15.2. The van der Waals surface area contributed by atoms with Crippen molar-refractivity contribution in [3.8, 4) is 5.75 Å². The van der Waals surface area contributed by atoms with Crippen LogP contribution in [0.2, 0.25) is 0 Å². The Morgan fingerprint density at radius 1 is 1.00 bits per heavy atom. The predicted octanol–water partition coefficient (Wildman–Crippen LogP) is 4.57. The molecule has 0 saturated carbocycles. The summed E-state index contributed by atoms with van der Waals surface area (Å²) in [5.41, 5.74) is 2.91. The molecule has 0 aliphatic rings. The summed E-state index contributed by atoms with van der Waals surface area (Å²) in [4.78, 5) is 20.9. The zero-order chi connectivity index (χ0) is 19.2. The van der Waals surface area contributed by atoms with Gasteiger partial charge in [-0.2, -0.15) is 0 Å². The fourth-order valence-electron chi connectivity index (χ4n) is 2.41. The zero-order valence-electron chi connectivity index (χ0n) is 15.6. The topological polar surface area (TPSA) is 76.1 Å². The number of amides is 1. The van der Waals surface area contributed by atoms with Crippen molar-refractivity contribution < 1.29 is 9.53 Å². The van der Waals surface area contributed by atoms with Crippen LogP contribution in [0.25, 0.3) is 0 Å². The SMILES string of the molecule is Cc1ccc(Nc2cnc(C(=O)Nc3ccccc3OC(C)C)cn2)cc1. The van der Waals surface area contributed by atoms with Crippen molar-refractivity contribution in [1.29, 1.82) is 0 Å². The average Bonchev–Trinajstić information content (AvgIpc) is 2.65. The third kappa shape index (κ3) is 5.04. The normalized spacial score (nSPS) is 10.5. The van der Waals surface area contributed by atoms with Crippen LogP contribution < -0.4 is 15.4 Å². The number of rotatable bonds is 6. The van der Waals surface area contributed by atoms with Gasteiger partial charge in [0.2, 0.25) is 0 Å². The molecule has 138 valence electrons. The maximum Gasteiger partial charge on any atom is 0.275 e. The highest BCUT2D eigenvalue weighted by molar-refractivity contribution is 6.03. The van der Waals surface area contributed by atoms with Gasteiger partial charge in [-0.3, -0.25) is 4.79 Å². The Morgan fingerprint density at radius 3 is 2.41 bits per heavy atom. The Kier molecular flexibility index (Phi) is 5.66. The van der Waals surface area contributed by atoms with E-state index in [2.05, 4.69) is 20.6 Å². The second-order valence-corrected chi connectivity index (χ2v) is 6.39. The highest BCUT2D eigenvalue weighted by Crippen LogP contribution is 2.25. The van der Waals surface area contributed by atoms with E-state index in [-0.39, 0.29) is 17.7 Å². The number of anilines is 3. The minimum Gasteiger partial charge on any atom is -0.489 e. The lowest BCUT2D eigenvalue weighted by atomic mass is 10.2. The van der Waals surface area contributed by atoms with Crippen LogP contribution in [-0.2, 0) is 0 Å². The molecular formula is C21H22N4O2. The van der Waals surface area contributed by atoms with Crippen molar-refractivity contribution in [2.24, 2.45) is 0 Å². The number of benzene rings is 2. The van der Waals surface area contributed by atoms with Gasteiger partial charge in [0.25, 0.3) is 5.91 Å². The molecule has 2 N–H and O–H groups in total. The third-order valence-electron chi connectivity index (χ3n) is 3.71. The largest absolute Gasteiger partial charge is 0.489 e. The quantitative estimate of drug-likeness (QED) is 0.672. The van der Waals surface area contributed by atoms with Crippen LogP contribution in [0.1, 0.15) is 29.9 Å².